The fourth-order valence-corrected chi connectivity index (χ4v) is 3.50. The molecule has 0 bridgehead atoms. The number of benzene rings is 1. The van der Waals surface area contributed by atoms with Crippen LogP contribution in [0.4, 0.5) is 0 Å². The average Bonchev–Trinajstić information content (AvgIpc) is 2.95. The molecule has 0 fully saturated rings. The predicted octanol–water partition coefficient (Wildman–Crippen LogP) is 3.70. The molecule has 0 unspecified atom stereocenters. The lowest BCUT2D eigenvalue weighted by atomic mass is 10.2. The highest BCUT2D eigenvalue weighted by atomic mass is 35.5. The van der Waals surface area contributed by atoms with Crippen molar-refractivity contribution in [2.75, 3.05) is 7.11 Å². The molecule has 22 heavy (non-hydrogen) atoms. The first kappa shape index (κ1) is 15.1. The Balaban J connectivity index is 1.89. The molecule has 2 aromatic heterocycles. The monoisotopic (exact) mass is 334 g/mol. The van der Waals surface area contributed by atoms with Crippen molar-refractivity contribution in [2.45, 2.75) is 24.6 Å². The van der Waals surface area contributed by atoms with Crippen molar-refractivity contribution in [1.82, 2.24) is 19.6 Å². The molecule has 0 N–H and O–H groups in total. The van der Waals surface area contributed by atoms with Gasteiger partial charge in [0.15, 0.2) is 0 Å². The number of halogens is 1. The zero-order valence-electron chi connectivity index (χ0n) is 12.5. The van der Waals surface area contributed by atoms with Crippen LogP contribution in [0, 0.1) is 13.8 Å². The minimum atomic E-state index is 0.620. The Kier molecular flexibility index (Phi) is 4.22. The van der Waals surface area contributed by atoms with Crippen molar-refractivity contribution in [2.24, 2.45) is 0 Å². The highest BCUT2D eigenvalue weighted by Gasteiger charge is 2.12. The van der Waals surface area contributed by atoms with Crippen LogP contribution in [0.2, 0.25) is 5.02 Å². The number of aromatic nitrogens is 4. The Morgan fingerprint density at radius 3 is 2.86 bits per heavy atom. The van der Waals surface area contributed by atoms with E-state index in [9.17, 15) is 0 Å². The van der Waals surface area contributed by atoms with Gasteiger partial charge in [0, 0.05) is 17.0 Å². The second-order valence-corrected chi connectivity index (χ2v) is 6.23. The van der Waals surface area contributed by atoms with Gasteiger partial charge in [-0.1, -0.05) is 17.7 Å². The Hall–Kier alpha value is -1.79. The van der Waals surface area contributed by atoms with Gasteiger partial charge in [-0.05, 0) is 31.5 Å². The van der Waals surface area contributed by atoms with Gasteiger partial charge in [0.05, 0.1) is 12.1 Å². The predicted molar refractivity (Wildman–Crippen MR) is 87.8 cm³/mol. The Morgan fingerprint density at radius 2 is 2.14 bits per heavy atom. The molecule has 2 heterocycles. The number of rotatable bonds is 4. The standard InChI is InChI=1S/C15H15ClN4OS/c1-9-10(2)19-15-17-8-18-20(15)14(9)22-7-11-4-5-13(21-3)12(16)6-11/h4-6,8H,7H2,1-3H3. The summed E-state index contributed by atoms with van der Waals surface area (Å²) in [5.41, 5.74) is 3.20. The first-order valence-electron chi connectivity index (χ1n) is 6.72. The maximum absolute atomic E-state index is 6.17. The second-order valence-electron chi connectivity index (χ2n) is 4.86. The number of thioether (sulfide) groups is 1. The van der Waals surface area contributed by atoms with E-state index in [1.165, 1.54) is 6.33 Å². The normalized spacial score (nSPS) is 11.1. The Morgan fingerprint density at radius 1 is 1.32 bits per heavy atom. The molecule has 114 valence electrons. The zero-order chi connectivity index (χ0) is 15.7. The highest BCUT2D eigenvalue weighted by Crippen LogP contribution is 2.30. The van der Waals surface area contributed by atoms with E-state index >= 15 is 0 Å². The quantitative estimate of drug-likeness (QED) is 0.538. The van der Waals surface area contributed by atoms with E-state index in [2.05, 4.69) is 15.1 Å². The molecule has 0 aliphatic heterocycles. The van der Waals surface area contributed by atoms with Crippen LogP contribution < -0.4 is 4.74 Å². The maximum Gasteiger partial charge on any atom is 0.253 e. The van der Waals surface area contributed by atoms with Gasteiger partial charge in [-0.25, -0.2) is 4.98 Å². The fraction of sp³-hybridized carbons (Fsp3) is 0.267. The highest BCUT2D eigenvalue weighted by molar-refractivity contribution is 7.98. The summed E-state index contributed by atoms with van der Waals surface area (Å²) in [4.78, 5) is 8.59. The molecule has 0 atom stereocenters. The number of methoxy groups -OCH3 is 1. The van der Waals surface area contributed by atoms with Crippen molar-refractivity contribution in [3.05, 3.63) is 46.4 Å². The molecule has 5 nitrogen and oxygen atoms in total. The van der Waals surface area contributed by atoms with Crippen LogP contribution in [0.1, 0.15) is 16.8 Å². The summed E-state index contributed by atoms with van der Waals surface area (Å²) in [5.74, 6) is 2.09. The number of ether oxygens (including phenoxy) is 1. The molecular weight excluding hydrogens is 320 g/mol. The molecule has 0 aliphatic carbocycles. The van der Waals surface area contributed by atoms with Gasteiger partial charge >= 0.3 is 0 Å². The third-order valence-electron chi connectivity index (χ3n) is 3.45. The number of fused-ring (bicyclic) bond motifs is 1. The molecule has 0 spiro atoms. The van der Waals surface area contributed by atoms with Gasteiger partial charge in [-0.15, -0.1) is 11.8 Å². The average molecular weight is 335 g/mol. The summed E-state index contributed by atoms with van der Waals surface area (Å²) in [6.07, 6.45) is 1.52. The third-order valence-corrected chi connectivity index (χ3v) is 4.97. The van der Waals surface area contributed by atoms with E-state index < -0.39 is 0 Å². The summed E-state index contributed by atoms with van der Waals surface area (Å²) in [7, 11) is 1.61. The first-order chi connectivity index (χ1) is 10.6. The number of aryl methyl sites for hydroxylation is 1. The molecule has 1 aromatic carbocycles. The maximum atomic E-state index is 6.17. The largest absolute Gasteiger partial charge is 0.495 e. The summed E-state index contributed by atoms with van der Waals surface area (Å²) in [5, 5.41) is 5.92. The van der Waals surface area contributed by atoms with Gasteiger partial charge in [-0.3, -0.25) is 0 Å². The van der Waals surface area contributed by atoms with Crippen LogP contribution in [-0.4, -0.2) is 26.7 Å². The summed E-state index contributed by atoms with van der Waals surface area (Å²) in [6, 6.07) is 5.82. The van der Waals surface area contributed by atoms with E-state index in [1.807, 2.05) is 32.0 Å². The van der Waals surface area contributed by atoms with E-state index in [-0.39, 0.29) is 0 Å². The number of nitrogens with zero attached hydrogens (tertiary/aromatic N) is 4. The van der Waals surface area contributed by atoms with Crippen molar-refractivity contribution in [3.63, 3.8) is 0 Å². The lowest BCUT2D eigenvalue weighted by Gasteiger charge is -2.10. The summed E-state index contributed by atoms with van der Waals surface area (Å²) < 4.78 is 6.95. The smallest absolute Gasteiger partial charge is 0.253 e. The van der Waals surface area contributed by atoms with Crippen LogP contribution in [0.25, 0.3) is 5.78 Å². The van der Waals surface area contributed by atoms with E-state index in [0.29, 0.717) is 16.5 Å². The van der Waals surface area contributed by atoms with E-state index in [4.69, 9.17) is 16.3 Å². The van der Waals surface area contributed by atoms with Gasteiger partial charge in [0.25, 0.3) is 5.78 Å². The number of hydrogen-bond donors (Lipinski definition) is 0. The first-order valence-corrected chi connectivity index (χ1v) is 8.08. The van der Waals surface area contributed by atoms with Gasteiger partial charge in [0.2, 0.25) is 0 Å². The van der Waals surface area contributed by atoms with Crippen LogP contribution in [0.3, 0.4) is 0 Å². The summed E-state index contributed by atoms with van der Waals surface area (Å²) in [6.45, 7) is 4.03. The SMILES string of the molecule is COc1ccc(CSc2c(C)c(C)nc3ncnn23)cc1Cl. The van der Waals surface area contributed by atoms with Crippen molar-refractivity contribution in [3.8, 4) is 5.75 Å². The zero-order valence-corrected chi connectivity index (χ0v) is 14.1. The van der Waals surface area contributed by atoms with Crippen molar-refractivity contribution in [1.29, 1.82) is 0 Å². The van der Waals surface area contributed by atoms with Gasteiger partial charge in [0.1, 0.15) is 17.1 Å². The lowest BCUT2D eigenvalue weighted by molar-refractivity contribution is 0.415. The van der Waals surface area contributed by atoms with E-state index in [0.717, 1.165) is 27.6 Å². The van der Waals surface area contributed by atoms with Gasteiger partial charge in [-0.2, -0.15) is 14.6 Å². The molecule has 0 amide bonds. The van der Waals surface area contributed by atoms with Crippen LogP contribution >= 0.6 is 23.4 Å². The minimum absolute atomic E-state index is 0.620. The van der Waals surface area contributed by atoms with Crippen molar-refractivity contribution >= 4 is 29.1 Å². The Bertz CT molecular complexity index is 834. The Labute approximate surface area is 137 Å². The topological polar surface area (TPSA) is 52.3 Å². The molecule has 7 heteroatoms. The van der Waals surface area contributed by atoms with E-state index in [1.54, 1.807) is 23.4 Å². The van der Waals surface area contributed by atoms with Crippen LogP contribution in [-0.2, 0) is 5.75 Å². The molecule has 0 aliphatic rings. The van der Waals surface area contributed by atoms with Crippen LogP contribution in [0.5, 0.6) is 5.75 Å². The van der Waals surface area contributed by atoms with Gasteiger partial charge < -0.3 is 4.74 Å². The second kappa shape index (κ2) is 6.14. The molecule has 0 radical (unpaired) electrons. The molecular formula is C15H15ClN4OS. The fourth-order valence-electron chi connectivity index (χ4n) is 2.12. The third kappa shape index (κ3) is 2.76. The minimum Gasteiger partial charge on any atom is -0.495 e. The molecule has 3 rings (SSSR count). The van der Waals surface area contributed by atoms with Crippen molar-refractivity contribution < 1.29 is 4.74 Å². The molecule has 0 saturated carbocycles. The summed E-state index contributed by atoms with van der Waals surface area (Å²) >= 11 is 7.87. The van der Waals surface area contributed by atoms with Crippen LogP contribution in [0.15, 0.2) is 29.6 Å². The molecule has 3 aromatic rings. The lowest BCUT2D eigenvalue weighted by Crippen LogP contribution is -2.02. The number of hydrogen-bond acceptors (Lipinski definition) is 5. The molecule has 0 saturated heterocycles.